The molecule has 2 nitrogen and oxygen atoms in total. The number of benzene rings is 1. The van der Waals surface area contributed by atoms with E-state index in [9.17, 15) is 0 Å². The van der Waals surface area contributed by atoms with E-state index >= 15 is 0 Å². The van der Waals surface area contributed by atoms with Crippen molar-refractivity contribution in [2.75, 3.05) is 12.4 Å². The van der Waals surface area contributed by atoms with E-state index in [-0.39, 0.29) is 0 Å². The second-order valence-electron chi connectivity index (χ2n) is 3.93. The average Bonchev–Trinajstić information content (AvgIpc) is 3.11. The zero-order valence-electron chi connectivity index (χ0n) is 9.40. The highest BCUT2D eigenvalue weighted by Gasteiger charge is 2.22. The molecule has 16 heavy (non-hydrogen) atoms. The van der Waals surface area contributed by atoms with Gasteiger partial charge in [0, 0.05) is 4.90 Å². The Morgan fingerprint density at radius 2 is 2.31 bits per heavy atom. The Balaban J connectivity index is 2.14. The summed E-state index contributed by atoms with van der Waals surface area (Å²) in [6.45, 7) is 2.85. The van der Waals surface area contributed by atoms with Crippen LogP contribution < -0.4 is 4.74 Å². The minimum absolute atomic E-state index is 0.690. The monoisotopic (exact) mass is 233 g/mol. The van der Waals surface area contributed by atoms with E-state index in [0.29, 0.717) is 11.5 Å². The molecule has 0 radical (unpaired) electrons. The third-order valence-electron chi connectivity index (χ3n) is 2.57. The Hall–Kier alpha value is -1.14. The van der Waals surface area contributed by atoms with Gasteiger partial charge < -0.3 is 4.74 Å². The van der Waals surface area contributed by atoms with Gasteiger partial charge in [0.1, 0.15) is 17.4 Å². The quantitative estimate of drug-likeness (QED) is 0.730. The van der Waals surface area contributed by atoms with E-state index in [1.807, 2.05) is 18.2 Å². The first kappa shape index (κ1) is 11.3. The Kier molecular flexibility index (Phi) is 3.74. The number of rotatable bonds is 5. The molecule has 0 atom stereocenters. The average molecular weight is 233 g/mol. The molecule has 84 valence electrons. The summed E-state index contributed by atoms with van der Waals surface area (Å²) in [5.74, 6) is 2.43. The van der Waals surface area contributed by atoms with Gasteiger partial charge in [-0.2, -0.15) is 5.26 Å². The molecule has 0 bridgehead atoms. The molecule has 1 aromatic rings. The minimum atomic E-state index is 0.690. The molecule has 0 N–H and O–H groups in total. The van der Waals surface area contributed by atoms with Crippen molar-refractivity contribution in [3.05, 3.63) is 23.8 Å². The van der Waals surface area contributed by atoms with Crippen LogP contribution in [0.3, 0.4) is 0 Å². The summed E-state index contributed by atoms with van der Waals surface area (Å²) in [6, 6.07) is 8.08. The number of hydrogen-bond acceptors (Lipinski definition) is 3. The van der Waals surface area contributed by atoms with Crippen molar-refractivity contribution in [3.8, 4) is 11.8 Å². The number of hydrogen-bond donors (Lipinski definition) is 0. The van der Waals surface area contributed by atoms with Gasteiger partial charge in [0.15, 0.2) is 0 Å². The van der Waals surface area contributed by atoms with Crippen LogP contribution in [-0.2, 0) is 0 Å². The van der Waals surface area contributed by atoms with E-state index in [1.54, 1.807) is 11.8 Å². The minimum Gasteiger partial charge on any atom is -0.492 e. The molecule has 3 heteroatoms. The van der Waals surface area contributed by atoms with Gasteiger partial charge in [-0.3, -0.25) is 0 Å². The highest BCUT2D eigenvalue weighted by Crippen LogP contribution is 2.33. The van der Waals surface area contributed by atoms with Gasteiger partial charge in [0.2, 0.25) is 0 Å². The molecular formula is C13H15NOS. The van der Waals surface area contributed by atoms with E-state index in [1.165, 1.54) is 12.8 Å². The van der Waals surface area contributed by atoms with Gasteiger partial charge in [-0.15, -0.1) is 11.8 Å². The summed E-state index contributed by atoms with van der Waals surface area (Å²) in [5, 5.41) is 9.16. The summed E-state index contributed by atoms with van der Waals surface area (Å²) >= 11 is 1.69. The molecule has 0 amide bonds. The Morgan fingerprint density at radius 3 is 2.94 bits per heavy atom. The first-order valence-electron chi connectivity index (χ1n) is 5.64. The van der Waals surface area contributed by atoms with Gasteiger partial charge in [0.25, 0.3) is 0 Å². The zero-order valence-corrected chi connectivity index (χ0v) is 10.2. The normalized spacial score (nSPS) is 14.5. The van der Waals surface area contributed by atoms with Crippen LogP contribution in [-0.4, -0.2) is 12.4 Å². The topological polar surface area (TPSA) is 33.0 Å². The third kappa shape index (κ3) is 2.70. The maximum atomic E-state index is 9.16. The van der Waals surface area contributed by atoms with Gasteiger partial charge in [-0.1, -0.05) is 13.0 Å². The summed E-state index contributed by atoms with van der Waals surface area (Å²) in [7, 11) is 0. The first-order valence-corrected chi connectivity index (χ1v) is 6.62. The molecule has 0 saturated heterocycles. The highest BCUT2D eigenvalue weighted by atomic mass is 32.2. The van der Waals surface area contributed by atoms with Gasteiger partial charge >= 0.3 is 0 Å². The molecule has 1 aliphatic rings. The molecule has 0 heterocycles. The van der Waals surface area contributed by atoms with Crippen molar-refractivity contribution >= 4 is 11.8 Å². The first-order chi connectivity index (χ1) is 7.85. The lowest BCUT2D eigenvalue weighted by Crippen LogP contribution is -2.01. The van der Waals surface area contributed by atoms with E-state index in [0.717, 1.165) is 23.0 Å². The maximum absolute atomic E-state index is 9.16. The van der Waals surface area contributed by atoms with Crippen molar-refractivity contribution in [1.82, 2.24) is 0 Å². The molecule has 0 spiro atoms. The Labute approximate surface area is 101 Å². The SMILES string of the molecule is CCSc1cccc(OCC2CC2)c1C#N. The van der Waals surface area contributed by atoms with Crippen LogP contribution in [0.4, 0.5) is 0 Å². The van der Waals surface area contributed by atoms with Crippen molar-refractivity contribution in [2.24, 2.45) is 5.92 Å². The molecule has 1 saturated carbocycles. The number of ether oxygens (including phenoxy) is 1. The fraction of sp³-hybridized carbons (Fsp3) is 0.462. The van der Waals surface area contributed by atoms with Crippen LogP contribution in [0.2, 0.25) is 0 Å². The largest absolute Gasteiger partial charge is 0.492 e. The summed E-state index contributed by atoms with van der Waals surface area (Å²) in [6.07, 6.45) is 2.54. The molecule has 1 aromatic carbocycles. The summed E-state index contributed by atoms with van der Waals surface area (Å²) in [5.41, 5.74) is 0.690. The summed E-state index contributed by atoms with van der Waals surface area (Å²) < 4.78 is 5.70. The lowest BCUT2D eigenvalue weighted by atomic mass is 10.2. The predicted molar refractivity (Wildman–Crippen MR) is 65.8 cm³/mol. The van der Waals surface area contributed by atoms with E-state index in [4.69, 9.17) is 10.00 Å². The second-order valence-corrected chi connectivity index (χ2v) is 5.23. The van der Waals surface area contributed by atoms with Crippen molar-refractivity contribution in [3.63, 3.8) is 0 Å². The fourth-order valence-electron chi connectivity index (χ4n) is 1.51. The highest BCUT2D eigenvalue weighted by molar-refractivity contribution is 7.99. The fourth-order valence-corrected chi connectivity index (χ4v) is 2.29. The number of nitriles is 1. The zero-order chi connectivity index (χ0) is 11.4. The number of nitrogens with zero attached hydrogens (tertiary/aromatic N) is 1. The van der Waals surface area contributed by atoms with Crippen LogP contribution in [0.15, 0.2) is 23.1 Å². The summed E-state index contributed by atoms with van der Waals surface area (Å²) in [4.78, 5) is 1.03. The van der Waals surface area contributed by atoms with Crippen LogP contribution in [0.5, 0.6) is 5.75 Å². The molecule has 0 unspecified atom stereocenters. The second kappa shape index (κ2) is 5.27. The van der Waals surface area contributed by atoms with E-state index < -0.39 is 0 Å². The molecule has 2 rings (SSSR count). The lowest BCUT2D eigenvalue weighted by molar-refractivity contribution is 0.298. The number of thioether (sulfide) groups is 1. The van der Waals surface area contributed by atoms with Crippen molar-refractivity contribution in [2.45, 2.75) is 24.7 Å². The van der Waals surface area contributed by atoms with Gasteiger partial charge in [0.05, 0.1) is 6.61 Å². The smallest absolute Gasteiger partial charge is 0.138 e. The van der Waals surface area contributed by atoms with Gasteiger partial charge in [-0.05, 0) is 36.6 Å². The molecular weight excluding hydrogens is 218 g/mol. The van der Waals surface area contributed by atoms with Crippen molar-refractivity contribution in [1.29, 1.82) is 5.26 Å². The van der Waals surface area contributed by atoms with Gasteiger partial charge in [-0.25, -0.2) is 0 Å². The molecule has 1 fully saturated rings. The molecule has 0 aromatic heterocycles. The lowest BCUT2D eigenvalue weighted by Gasteiger charge is -2.09. The standard InChI is InChI=1S/C13H15NOS/c1-2-16-13-5-3-4-12(11(13)8-14)15-9-10-6-7-10/h3-5,10H,2,6-7,9H2,1H3. The predicted octanol–water partition coefficient (Wildman–Crippen LogP) is 3.46. The molecule has 0 aliphatic heterocycles. The van der Waals surface area contributed by atoms with Crippen LogP contribution in [0.1, 0.15) is 25.3 Å². The maximum Gasteiger partial charge on any atom is 0.138 e. The van der Waals surface area contributed by atoms with Crippen LogP contribution in [0, 0.1) is 17.2 Å². The van der Waals surface area contributed by atoms with Crippen molar-refractivity contribution < 1.29 is 4.74 Å². The Morgan fingerprint density at radius 1 is 1.50 bits per heavy atom. The van der Waals surface area contributed by atoms with E-state index in [2.05, 4.69) is 13.0 Å². The molecule has 1 aliphatic carbocycles. The Bertz CT molecular complexity index is 407. The third-order valence-corrected chi connectivity index (χ3v) is 3.51. The van der Waals surface area contributed by atoms with Crippen LogP contribution in [0.25, 0.3) is 0 Å². The van der Waals surface area contributed by atoms with Crippen LogP contribution >= 0.6 is 11.8 Å².